The van der Waals surface area contributed by atoms with E-state index in [9.17, 15) is 4.79 Å². The second kappa shape index (κ2) is 8.35. The number of carbonyl (C=O) groups excluding carboxylic acids is 1. The number of rotatable bonds is 5. The molecule has 0 aliphatic heterocycles. The van der Waals surface area contributed by atoms with Crippen LogP contribution in [0.1, 0.15) is 17.8 Å². The lowest BCUT2D eigenvalue weighted by molar-refractivity contribution is 0.102. The molecule has 0 fully saturated rings. The van der Waals surface area contributed by atoms with Crippen LogP contribution in [0.3, 0.4) is 0 Å². The standard InChI is InChI=1S/C20H17OS.CH4/c21-20(17-10-4-1-5-11-17)16-22(18-12-6-2-7-13-18)19-14-8-3-9-15-19;/h1-15H,16H2;1H4/q+1;. The SMILES string of the molecule is C.O=C(C[S+](c1ccccc1)c1ccccc1)c1ccccc1. The summed E-state index contributed by atoms with van der Waals surface area (Å²) in [5.41, 5.74) is 0.784. The minimum atomic E-state index is -0.231. The van der Waals surface area contributed by atoms with Gasteiger partial charge < -0.3 is 0 Å². The van der Waals surface area contributed by atoms with Crippen LogP contribution in [0, 0.1) is 0 Å². The largest absolute Gasteiger partial charge is 0.289 e. The summed E-state index contributed by atoms with van der Waals surface area (Å²) >= 11 is 0. The van der Waals surface area contributed by atoms with Crippen LogP contribution in [0.5, 0.6) is 0 Å². The molecule has 3 rings (SSSR count). The molecule has 0 atom stereocenters. The second-order valence-electron chi connectivity index (χ2n) is 4.95. The number of Topliss-reactive ketones (excluding diaryl/α,β-unsaturated/α-hetero) is 1. The molecular weight excluding hydrogens is 300 g/mol. The van der Waals surface area contributed by atoms with Crippen molar-refractivity contribution >= 4 is 16.7 Å². The van der Waals surface area contributed by atoms with Gasteiger partial charge in [0.15, 0.2) is 15.5 Å². The van der Waals surface area contributed by atoms with E-state index in [-0.39, 0.29) is 24.1 Å². The summed E-state index contributed by atoms with van der Waals surface area (Å²) in [6, 6.07) is 30.1. The van der Waals surface area contributed by atoms with Crippen molar-refractivity contribution in [3.8, 4) is 0 Å². The van der Waals surface area contributed by atoms with Crippen molar-refractivity contribution < 1.29 is 4.79 Å². The van der Waals surface area contributed by atoms with Crippen molar-refractivity contribution in [1.29, 1.82) is 0 Å². The van der Waals surface area contributed by atoms with E-state index in [1.54, 1.807) is 0 Å². The molecule has 0 radical (unpaired) electrons. The topological polar surface area (TPSA) is 17.1 Å². The molecule has 116 valence electrons. The van der Waals surface area contributed by atoms with E-state index in [1.807, 2.05) is 66.7 Å². The first kappa shape index (κ1) is 17.0. The van der Waals surface area contributed by atoms with E-state index in [2.05, 4.69) is 24.3 Å². The van der Waals surface area contributed by atoms with Gasteiger partial charge in [-0.2, -0.15) is 0 Å². The van der Waals surface area contributed by atoms with Gasteiger partial charge in [-0.15, -0.1) is 0 Å². The quantitative estimate of drug-likeness (QED) is 0.464. The van der Waals surface area contributed by atoms with Crippen molar-refractivity contribution in [3.05, 3.63) is 96.6 Å². The lowest BCUT2D eigenvalue weighted by atomic mass is 10.2. The molecule has 0 aromatic heterocycles. The summed E-state index contributed by atoms with van der Waals surface area (Å²) in [7, 11) is -0.231. The number of carbonyl (C=O) groups is 1. The first-order valence-electron chi connectivity index (χ1n) is 7.24. The molecule has 1 nitrogen and oxygen atoms in total. The van der Waals surface area contributed by atoms with Gasteiger partial charge in [0.2, 0.25) is 5.78 Å². The Morgan fingerprint density at radius 3 is 1.48 bits per heavy atom. The third kappa shape index (κ3) is 4.33. The van der Waals surface area contributed by atoms with E-state index < -0.39 is 0 Å². The van der Waals surface area contributed by atoms with Gasteiger partial charge in [-0.25, -0.2) is 0 Å². The molecule has 0 bridgehead atoms. The summed E-state index contributed by atoms with van der Waals surface area (Å²) in [5, 5.41) is 0. The molecule has 3 aromatic carbocycles. The smallest absolute Gasteiger partial charge is 0.212 e. The fourth-order valence-electron chi connectivity index (χ4n) is 2.31. The molecule has 3 aromatic rings. The van der Waals surface area contributed by atoms with E-state index >= 15 is 0 Å². The Kier molecular flexibility index (Phi) is 6.19. The van der Waals surface area contributed by atoms with Crippen molar-refractivity contribution in [3.63, 3.8) is 0 Å². The van der Waals surface area contributed by atoms with Gasteiger partial charge in [0.1, 0.15) is 0 Å². The van der Waals surface area contributed by atoms with Crippen LogP contribution in [0.2, 0.25) is 0 Å². The minimum Gasteiger partial charge on any atom is -0.289 e. The molecule has 0 spiro atoms. The second-order valence-corrected chi connectivity index (χ2v) is 6.96. The number of hydrogen-bond acceptors (Lipinski definition) is 1. The van der Waals surface area contributed by atoms with E-state index in [1.165, 1.54) is 9.79 Å². The maximum Gasteiger partial charge on any atom is 0.212 e. The molecular formula is C21H21OS+. The number of hydrogen-bond donors (Lipinski definition) is 0. The Morgan fingerprint density at radius 2 is 1.04 bits per heavy atom. The van der Waals surface area contributed by atoms with Gasteiger partial charge >= 0.3 is 0 Å². The number of ketones is 1. The molecule has 0 amide bonds. The minimum absolute atomic E-state index is 0. The highest BCUT2D eigenvalue weighted by molar-refractivity contribution is 7.97. The monoisotopic (exact) mass is 321 g/mol. The van der Waals surface area contributed by atoms with Crippen LogP contribution >= 0.6 is 0 Å². The summed E-state index contributed by atoms with van der Waals surface area (Å²) < 4.78 is 0. The Bertz CT molecular complexity index is 684. The highest BCUT2D eigenvalue weighted by atomic mass is 32.2. The molecule has 0 saturated carbocycles. The average Bonchev–Trinajstić information content (AvgIpc) is 2.62. The van der Waals surface area contributed by atoms with Crippen LogP contribution in [0.15, 0.2) is 101 Å². The summed E-state index contributed by atoms with van der Waals surface area (Å²) in [5.74, 6) is 0.703. The zero-order valence-electron chi connectivity index (χ0n) is 12.2. The predicted octanol–water partition coefficient (Wildman–Crippen LogP) is 5.24. The third-order valence-electron chi connectivity index (χ3n) is 3.43. The Balaban J connectivity index is 0.00000192. The summed E-state index contributed by atoms with van der Waals surface area (Å²) in [6.45, 7) is 0. The third-order valence-corrected chi connectivity index (χ3v) is 5.66. The first-order valence-corrected chi connectivity index (χ1v) is 8.63. The molecule has 0 aliphatic rings. The maximum atomic E-state index is 12.6. The fourth-order valence-corrected chi connectivity index (χ4v) is 4.32. The van der Waals surface area contributed by atoms with Crippen molar-refractivity contribution in [1.82, 2.24) is 0 Å². The van der Waals surface area contributed by atoms with Gasteiger partial charge in [0.25, 0.3) is 0 Å². The highest BCUT2D eigenvalue weighted by Crippen LogP contribution is 2.24. The molecule has 2 heteroatoms. The van der Waals surface area contributed by atoms with Crippen LogP contribution < -0.4 is 0 Å². The Labute approximate surface area is 141 Å². The predicted molar refractivity (Wildman–Crippen MR) is 99.2 cm³/mol. The van der Waals surface area contributed by atoms with E-state index in [0.717, 1.165) is 5.56 Å². The normalized spacial score (nSPS) is 10.1. The van der Waals surface area contributed by atoms with Gasteiger partial charge in [-0.1, -0.05) is 74.2 Å². The molecule has 0 aliphatic carbocycles. The first-order chi connectivity index (χ1) is 10.8. The lowest BCUT2D eigenvalue weighted by Crippen LogP contribution is -2.17. The van der Waals surface area contributed by atoms with Gasteiger partial charge in [-0.3, -0.25) is 4.79 Å². The maximum absolute atomic E-state index is 12.6. The molecule has 0 unspecified atom stereocenters. The van der Waals surface area contributed by atoms with E-state index in [0.29, 0.717) is 5.75 Å². The summed E-state index contributed by atoms with van der Waals surface area (Å²) in [6.07, 6.45) is 0. The zero-order valence-corrected chi connectivity index (χ0v) is 13.0. The van der Waals surface area contributed by atoms with Crippen LogP contribution in [0.4, 0.5) is 0 Å². The zero-order chi connectivity index (χ0) is 15.2. The number of benzene rings is 3. The van der Waals surface area contributed by atoms with Crippen molar-refractivity contribution in [2.45, 2.75) is 17.2 Å². The summed E-state index contributed by atoms with van der Waals surface area (Å²) in [4.78, 5) is 15.0. The van der Waals surface area contributed by atoms with Crippen molar-refractivity contribution in [2.75, 3.05) is 5.75 Å². The van der Waals surface area contributed by atoms with Crippen LogP contribution in [0.25, 0.3) is 0 Å². The fraction of sp³-hybridized carbons (Fsp3) is 0.0952. The van der Waals surface area contributed by atoms with Crippen LogP contribution in [-0.4, -0.2) is 11.5 Å². The molecule has 0 saturated heterocycles. The molecule has 23 heavy (non-hydrogen) atoms. The molecule has 0 heterocycles. The average molecular weight is 321 g/mol. The molecule has 0 N–H and O–H groups in total. The van der Waals surface area contributed by atoms with E-state index in [4.69, 9.17) is 0 Å². The highest BCUT2D eigenvalue weighted by Gasteiger charge is 2.28. The van der Waals surface area contributed by atoms with Gasteiger partial charge in [-0.05, 0) is 24.3 Å². The Morgan fingerprint density at radius 1 is 0.652 bits per heavy atom. The Hall–Kier alpha value is -2.32. The lowest BCUT2D eigenvalue weighted by Gasteiger charge is -2.07. The van der Waals surface area contributed by atoms with Gasteiger partial charge in [0, 0.05) is 5.56 Å². The van der Waals surface area contributed by atoms with Crippen molar-refractivity contribution in [2.24, 2.45) is 0 Å². The van der Waals surface area contributed by atoms with Crippen LogP contribution in [-0.2, 0) is 10.9 Å². The van der Waals surface area contributed by atoms with Gasteiger partial charge in [0.05, 0.1) is 10.9 Å².